The lowest BCUT2D eigenvalue weighted by molar-refractivity contribution is 0.577. The van der Waals surface area contributed by atoms with Crippen LogP contribution < -0.4 is 0 Å². The molecule has 8 heavy (non-hydrogen) atoms. The topological polar surface area (TPSA) is 17.1 Å². The monoisotopic (exact) mass is 133 g/mol. The second-order valence-corrected chi connectivity index (χ2v) is 5.33. The molecule has 0 aliphatic heterocycles. The van der Waals surface area contributed by atoms with E-state index in [-0.39, 0.29) is 0 Å². The summed E-state index contributed by atoms with van der Waals surface area (Å²) < 4.78 is 11.0. The predicted molar refractivity (Wildman–Crippen MR) is 37.9 cm³/mol. The van der Waals surface area contributed by atoms with Gasteiger partial charge in [0.05, 0.1) is 7.80 Å². The zero-order valence-corrected chi connectivity index (χ0v) is 6.90. The SMILES string of the molecule is CC(C)[P](=O)C(C)C. The van der Waals surface area contributed by atoms with E-state index in [2.05, 4.69) is 0 Å². The molecule has 0 rings (SSSR count). The predicted octanol–water partition coefficient (Wildman–Crippen LogP) is 2.63. The third-order valence-corrected chi connectivity index (χ3v) is 3.05. The van der Waals surface area contributed by atoms with Crippen LogP contribution in [-0.2, 0) is 4.57 Å². The maximum atomic E-state index is 11.0. The van der Waals surface area contributed by atoms with Crippen LogP contribution in [0.15, 0.2) is 0 Å². The Kier molecular flexibility index (Phi) is 3.23. The minimum absolute atomic E-state index is 0.352. The van der Waals surface area contributed by atoms with E-state index in [1.807, 2.05) is 27.7 Å². The molecule has 0 N–H and O–H groups in total. The molecule has 0 heterocycles. The molecule has 0 aromatic carbocycles. The Hall–Kier alpha value is 0.100. The molecule has 0 aliphatic carbocycles. The van der Waals surface area contributed by atoms with E-state index in [1.54, 1.807) is 0 Å². The van der Waals surface area contributed by atoms with Crippen LogP contribution in [0.3, 0.4) is 0 Å². The van der Waals surface area contributed by atoms with E-state index < -0.39 is 7.80 Å². The first-order valence-corrected chi connectivity index (χ1v) is 4.41. The van der Waals surface area contributed by atoms with Crippen molar-refractivity contribution in [2.75, 3.05) is 0 Å². The van der Waals surface area contributed by atoms with Crippen LogP contribution in [0.5, 0.6) is 0 Å². The minimum Gasteiger partial charge on any atom is -0.287 e. The highest BCUT2D eigenvalue weighted by Gasteiger charge is 2.08. The highest BCUT2D eigenvalue weighted by molar-refractivity contribution is 7.46. The number of rotatable bonds is 2. The fraction of sp³-hybridized carbons (Fsp3) is 1.00. The summed E-state index contributed by atoms with van der Waals surface area (Å²) in [6, 6.07) is 0. The van der Waals surface area contributed by atoms with Gasteiger partial charge in [-0.15, -0.1) is 0 Å². The summed E-state index contributed by atoms with van der Waals surface area (Å²) in [6.45, 7) is 7.99. The van der Waals surface area contributed by atoms with Gasteiger partial charge in [0.2, 0.25) is 0 Å². The van der Waals surface area contributed by atoms with Gasteiger partial charge in [-0.2, -0.15) is 0 Å². The van der Waals surface area contributed by atoms with Crippen molar-refractivity contribution in [3.05, 3.63) is 0 Å². The molecule has 1 nitrogen and oxygen atoms in total. The molecular weight excluding hydrogens is 119 g/mol. The van der Waals surface area contributed by atoms with Gasteiger partial charge in [-0.25, -0.2) is 0 Å². The second-order valence-electron chi connectivity index (χ2n) is 2.55. The summed E-state index contributed by atoms with van der Waals surface area (Å²) >= 11 is 0. The highest BCUT2D eigenvalue weighted by Crippen LogP contribution is 2.32. The first-order valence-electron chi connectivity index (χ1n) is 3.01. The van der Waals surface area contributed by atoms with Crippen molar-refractivity contribution in [2.45, 2.75) is 39.0 Å². The van der Waals surface area contributed by atoms with Gasteiger partial charge in [-0.3, -0.25) is 4.57 Å². The average molecular weight is 133 g/mol. The Labute approximate surface area is 52.3 Å². The van der Waals surface area contributed by atoms with E-state index in [9.17, 15) is 4.57 Å². The molecule has 0 amide bonds. The maximum Gasteiger partial charge on any atom is 0.0770 e. The van der Waals surface area contributed by atoms with Crippen LogP contribution in [0.25, 0.3) is 0 Å². The van der Waals surface area contributed by atoms with E-state index in [0.717, 1.165) is 0 Å². The summed E-state index contributed by atoms with van der Waals surface area (Å²) in [7, 11) is -0.949. The quantitative estimate of drug-likeness (QED) is 0.529. The van der Waals surface area contributed by atoms with E-state index in [1.165, 1.54) is 0 Å². The first-order chi connectivity index (χ1) is 3.55. The van der Waals surface area contributed by atoms with Crippen molar-refractivity contribution in [3.63, 3.8) is 0 Å². The van der Waals surface area contributed by atoms with Gasteiger partial charge < -0.3 is 0 Å². The molecule has 0 fully saturated rings. The lowest BCUT2D eigenvalue weighted by Gasteiger charge is -2.05. The Morgan fingerprint density at radius 3 is 1.25 bits per heavy atom. The van der Waals surface area contributed by atoms with Gasteiger partial charge in [-0.1, -0.05) is 27.7 Å². The normalized spacial score (nSPS) is 10.8. The van der Waals surface area contributed by atoms with E-state index in [4.69, 9.17) is 0 Å². The maximum absolute atomic E-state index is 11.0. The summed E-state index contributed by atoms with van der Waals surface area (Å²) in [4.78, 5) is 0. The molecule has 2 heteroatoms. The van der Waals surface area contributed by atoms with Crippen molar-refractivity contribution in [1.82, 2.24) is 0 Å². The Balaban J connectivity index is 3.65. The zero-order chi connectivity index (χ0) is 6.73. The van der Waals surface area contributed by atoms with Crippen molar-refractivity contribution in [2.24, 2.45) is 0 Å². The van der Waals surface area contributed by atoms with Crippen molar-refractivity contribution in [1.29, 1.82) is 0 Å². The molecule has 1 radical (unpaired) electrons. The minimum atomic E-state index is -0.949. The van der Waals surface area contributed by atoms with Crippen LogP contribution in [-0.4, -0.2) is 11.3 Å². The molecule has 0 saturated heterocycles. The third-order valence-electron chi connectivity index (χ3n) is 1.02. The van der Waals surface area contributed by atoms with Crippen LogP contribution in [0.4, 0.5) is 0 Å². The van der Waals surface area contributed by atoms with Gasteiger partial charge in [0.1, 0.15) is 0 Å². The standard InChI is InChI=1S/C6H14OP/c1-5(2)8(7)6(3)4/h5-6H,1-4H3. The fourth-order valence-electron chi connectivity index (χ4n) is 0.596. The van der Waals surface area contributed by atoms with Crippen molar-refractivity contribution < 1.29 is 4.57 Å². The molecule has 0 unspecified atom stereocenters. The summed E-state index contributed by atoms with van der Waals surface area (Å²) in [5.41, 5.74) is 0.704. The molecule has 0 saturated carbocycles. The molecule has 49 valence electrons. The Bertz CT molecular complexity index is 76.5. The molecule has 0 aliphatic rings. The summed E-state index contributed by atoms with van der Waals surface area (Å²) in [5, 5.41) is 0. The molecule has 0 bridgehead atoms. The fourth-order valence-corrected chi connectivity index (χ4v) is 1.79. The van der Waals surface area contributed by atoms with Crippen molar-refractivity contribution in [3.8, 4) is 0 Å². The van der Waals surface area contributed by atoms with Gasteiger partial charge in [0, 0.05) is 11.3 Å². The average Bonchev–Trinajstić information content (AvgIpc) is 1.64. The molecule has 0 aromatic rings. The van der Waals surface area contributed by atoms with Crippen LogP contribution in [0, 0.1) is 0 Å². The lowest BCUT2D eigenvalue weighted by Crippen LogP contribution is -1.95. The van der Waals surface area contributed by atoms with Gasteiger partial charge in [-0.05, 0) is 0 Å². The lowest BCUT2D eigenvalue weighted by atomic mass is 10.5. The van der Waals surface area contributed by atoms with Crippen LogP contribution >= 0.6 is 7.80 Å². The van der Waals surface area contributed by atoms with Gasteiger partial charge in [0.15, 0.2) is 0 Å². The van der Waals surface area contributed by atoms with Gasteiger partial charge >= 0.3 is 0 Å². The Morgan fingerprint density at radius 2 is 1.25 bits per heavy atom. The van der Waals surface area contributed by atoms with Crippen molar-refractivity contribution >= 4 is 7.80 Å². The largest absolute Gasteiger partial charge is 0.287 e. The first kappa shape index (κ1) is 8.10. The highest BCUT2D eigenvalue weighted by atomic mass is 31.1. The molecule has 0 spiro atoms. The van der Waals surface area contributed by atoms with Gasteiger partial charge in [0.25, 0.3) is 0 Å². The molecular formula is C6H14OP. The number of hydrogen-bond donors (Lipinski definition) is 0. The Morgan fingerprint density at radius 1 is 1.00 bits per heavy atom. The van der Waals surface area contributed by atoms with Crippen LogP contribution in [0.2, 0.25) is 0 Å². The molecule has 0 aromatic heterocycles. The summed E-state index contributed by atoms with van der Waals surface area (Å²) in [6.07, 6.45) is 0. The smallest absolute Gasteiger partial charge is 0.0770 e. The van der Waals surface area contributed by atoms with E-state index >= 15 is 0 Å². The third kappa shape index (κ3) is 2.42. The zero-order valence-electron chi connectivity index (χ0n) is 6.01. The van der Waals surface area contributed by atoms with E-state index in [0.29, 0.717) is 11.3 Å². The van der Waals surface area contributed by atoms with Crippen LogP contribution in [0.1, 0.15) is 27.7 Å². The number of hydrogen-bond acceptors (Lipinski definition) is 1. The second kappa shape index (κ2) is 3.19. The summed E-state index contributed by atoms with van der Waals surface area (Å²) in [5.74, 6) is 0. The molecule has 0 atom stereocenters.